The van der Waals surface area contributed by atoms with Crippen LogP contribution in [0.4, 0.5) is 21.6 Å². The third-order valence-corrected chi connectivity index (χ3v) is 6.25. The lowest BCUT2D eigenvalue weighted by atomic mass is 9.97. The van der Waals surface area contributed by atoms with E-state index in [2.05, 4.69) is 20.6 Å². The molecule has 2 aromatic heterocycles. The number of nitrogens with one attached hydrogen (secondary N) is 2. The quantitative estimate of drug-likeness (QED) is 0.453. The van der Waals surface area contributed by atoms with E-state index in [9.17, 15) is 4.79 Å². The number of ether oxygens (including phenoxy) is 1. The number of nitrogen functional groups attached to an aromatic ring is 1. The zero-order valence-electron chi connectivity index (χ0n) is 17.6. The van der Waals surface area contributed by atoms with Crippen LogP contribution in [0.1, 0.15) is 18.4 Å². The number of aliphatic hydroxyl groups excluding tert-OH is 1. The zero-order chi connectivity index (χ0) is 22.4. The molecule has 1 unspecified atom stereocenters. The predicted octanol–water partition coefficient (Wildman–Crippen LogP) is 3.09. The topological polar surface area (TPSA) is 122 Å². The van der Waals surface area contributed by atoms with Crippen molar-refractivity contribution in [3.8, 4) is 17.0 Å². The Hall–Kier alpha value is -3.46. The smallest absolute Gasteiger partial charge is 0.237 e. The lowest BCUT2D eigenvalue weighted by Crippen LogP contribution is -2.20. The molecular formula is C23H24FN5O3. The lowest BCUT2D eigenvalue weighted by molar-refractivity contribution is -0.117. The first-order valence-corrected chi connectivity index (χ1v) is 10.6. The number of nitrogens with two attached hydrogens (primary N) is 1. The first kappa shape index (κ1) is 20.4. The Bertz CT molecular complexity index is 1230. The Morgan fingerprint density at radius 1 is 1.34 bits per heavy atom. The van der Waals surface area contributed by atoms with E-state index in [0.29, 0.717) is 53.2 Å². The van der Waals surface area contributed by atoms with Crippen molar-refractivity contribution in [3.63, 3.8) is 0 Å². The molecule has 1 fully saturated rings. The Labute approximate surface area is 184 Å². The van der Waals surface area contributed by atoms with Gasteiger partial charge in [0.05, 0.1) is 5.69 Å². The molecule has 8 nitrogen and oxygen atoms in total. The molecule has 3 aromatic rings. The molecule has 1 aromatic carbocycles. The number of fused-ring (bicyclic) bond motifs is 2. The van der Waals surface area contributed by atoms with Crippen LogP contribution in [0.5, 0.6) is 5.88 Å². The summed E-state index contributed by atoms with van der Waals surface area (Å²) in [4.78, 5) is 21.0. The fraction of sp³-hybridized carbons (Fsp3) is 0.348. The Morgan fingerprint density at radius 2 is 2.19 bits per heavy atom. The number of aliphatic hydroxyl groups is 1. The van der Waals surface area contributed by atoms with Crippen LogP contribution in [0.3, 0.4) is 0 Å². The van der Waals surface area contributed by atoms with Gasteiger partial charge in [0, 0.05) is 48.0 Å². The van der Waals surface area contributed by atoms with E-state index in [0.717, 1.165) is 17.7 Å². The number of hydrogen-bond acceptors (Lipinski definition) is 7. The highest BCUT2D eigenvalue weighted by Crippen LogP contribution is 2.42. The Kier molecular flexibility index (Phi) is 5.05. The lowest BCUT2D eigenvalue weighted by Gasteiger charge is -2.22. The molecule has 2 atom stereocenters. The molecule has 32 heavy (non-hydrogen) atoms. The van der Waals surface area contributed by atoms with Gasteiger partial charge in [0.25, 0.3) is 0 Å². The maximum absolute atomic E-state index is 15.2. The van der Waals surface area contributed by atoms with Crippen molar-refractivity contribution in [2.45, 2.75) is 19.8 Å². The third kappa shape index (κ3) is 3.48. The molecule has 0 radical (unpaired) electrons. The summed E-state index contributed by atoms with van der Waals surface area (Å²) in [7, 11) is 0. The molecule has 1 aliphatic heterocycles. The van der Waals surface area contributed by atoms with Gasteiger partial charge < -0.3 is 26.2 Å². The summed E-state index contributed by atoms with van der Waals surface area (Å²) < 4.78 is 20.8. The first-order chi connectivity index (χ1) is 15.5. The molecule has 1 aliphatic carbocycles. The third-order valence-electron chi connectivity index (χ3n) is 6.25. The van der Waals surface area contributed by atoms with E-state index < -0.39 is 5.82 Å². The maximum Gasteiger partial charge on any atom is 0.237 e. The van der Waals surface area contributed by atoms with Crippen LogP contribution >= 0.6 is 0 Å². The molecule has 1 saturated carbocycles. The highest BCUT2D eigenvalue weighted by Gasteiger charge is 2.42. The summed E-state index contributed by atoms with van der Waals surface area (Å²) in [5.41, 5.74) is 8.61. The van der Waals surface area contributed by atoms with Crippen LogP contribution in [0.25, 0.3) is 21.9 Å². The molecule has 2 aliphatic rings. The van der Waals surface area contributed by atoms with Gasteiger partial charge in [-0.05, 0) is 48.8 Å². The van der Waals surface area contributed by atoms with Crippen LogP contribution in [-0.4, -0.2) is 40.7 Å². The number of carbonyl (C=O) groups excluding carboxylic acids is 1. The van der Waals surface area contributed by atoms with Gasteiger partial charge in [-0.3, -0.25) is 4.79 Å². The largest absolute Gasteiger partial charge is 0.474 e. The number of pyridine rings is 2. The number of carbonyl (C=O) groups is 1. The van der Waals surface area contributed by atoms with Crippen molar-refractivity contribution in [1.29, 1.82) is 0 Å². The first-order valence-electron chi connectivity index (χ1n) is 10.6. The van der Waals surface area contributed by atoms with E-state index in [-0.39, 0.29) is 30.0 Å². The Balaban J connectivity index is 1.51. The van der Waals surface area contributed by atoms with Gasteiger partial charge in [-0.25, -0.2) is 14.4 Å². The molecule has 9 heteroatoms. The Morgan fingerprint density at radius 3 is 3.00 bits per heavy atom. The van der Waals surface area contributed by atoms with Crippen molar-refractivity contribution < 1.29 is 19.0 Å². The summed E-state index contributed by atoms with van der Waals surface area (Å²) in [5.74, 6) is 0.333. The van der Waals surface area contributed by atoms with E-state index in [4.69, 9.17) is 15.6 Å². The number of halogens is 1. The summed E-state index contributed by atoms with van der Waals surface area (Å²) in [6.07, 6.45) is 4.45. The summed E-state index contributed by atoms with van der Waals surface area (Å²) >= 11 is 0. The standard InChI is InChI=1S/C23H24FN5O3/c1-11-16(9-28-23-21(11)26-3-5-32-23)15-7-13-8-18(27-10-17(13)20(25)19(15)24)29-22(31)14-6-12(14)2-4-30/h7-10,12,14,26,30H,2-6,25H2,1H3,(H,27,29,31)/t12-,14?/m0/s1. The monoisotopic (exact) mass is 437 g/mol. The second-order valence-corrected chi connectivity index (χ2v) is 8.30. The minimum absolute atomic E-state index is 0.00518. The molecule has 166 valence electrons. The second kappa shape index (κ2) is 7.90. The summed E-state index contributed by atoms with van der Waals surface area (Å²) in [6.45, 7) is 3.14. The molecule has 0 saturated heterocycles. The predicted molar refractivity (Wildman–Crippen MR) is 120 cm³/mol. The number of hydrogen-bond donors (Lipinski definition) is 4. The van der Waals surface area contributed by atoms with Gasteiger partial charge in [0.1, 0.15) is 18.1 Å². The van der Waals surface area contributed by atoms with Crippen molar-refractivity contribution in [3.05, 3.63) is 35.9 Å². The number of benzene rings is 1. The molecular weight excluding hydrogens is 413 g/mol. The summed E-state index contributed by atoms with van der Waals surface area (Å²) in [6, 6.07) is 3.39. The van der Waals surface area contributed by atoms with E-state index >= 15 is 4.39 Å². The van der Waals surface area contributed by atoms with Gasteiger partial charge in [0.15, 0.2) is 5.82 Å². The number of amides is 1. The van der Waals surface area contributed by atoms with Crippen LogP contribution in [0, 0.1) is 24.6 Å². The van der Waals surface area contributed by atoms with E-state index in [1.165, 1.54) is 6.20 Å². The number of rotatable bonds is 5. The maximum atomic E-state index is 15.2. The van der Waals surface area contributed by atoms with Gasteiger partial charge in [-0.2, -0.15) is 0 Å². The van der Waals surface area contributed by atoms with Crippen molar-refractivity contribution in [1.82, 2.24) is 9.97 Å². The minimum Gasteiger partial charge on any atom is -0.474 e. The number of nitrogens with zero attached hydrogens (tertiary/aromatic N) is 2. The highest BCUT2D eigenvalue weighted by atomic mass is 19.1. The van der Waals surface area contributed by atoms with Gasteiger partial charge in [-0.15, -0.1) is 0 Å². The molecule has 5 N–H and O–H groups in total. The fourth-order valence-electron chi connectivity index (χ4n) is 4.33. The zero-order valence-corrected chi connectivity index (χ0v) is 17.6. The number of anilines is 3. The van der Waals surface area contributed by atoms with E-state index in [1.807, 2.05) is 6.92 Å². The van der Waals surface area contributed by atoms with Crippen molar-refractivity contribution >= 4 is 33.9 Å². The van der Waals surface area contributed by atoms with Crippen LogP contribution in [-0.2, 0) is 4.79 Å². The normalized spacial score (nSPS) is 19.1. The van der Waals surface area contributed by atoms with Crippen molar-refractivity contribution in [2.75, 3.05) is 36.1 Å². The molecule has 1 amide bonds. The van der Waals surface area contributed by atoms with Crippen LogP contribution in [0.2, 0.25) is 0 Å². The average molecular weight is 437 g/mol. The van der Waals surface area contributed by atoms with Gasteiger partial charge in [-0.1, -0.05) is 0 Å². The molecule has 0 bridgehead atoms. The second-order valence-electron chi connectivity index (χ2n) is 8.30. The molecule has 0 spiro atoms. The minimum atomic E-state index is -0.539. The van der Waals surface area contributed by atoms with E-state index in [1.54, 1.807) is 18.3 Å². The molecule has 5 rings (SSSR count). The van der Waals surface area contributed by atoms with Gasteiger partial charge in [0.2, 0.25) is 11.8 Å². The van der Waals surface area contributed by atoms with Crippen molar-refractivity contribution in [2.24, 2.45) is 11.8 Å². The highest BCUT2D eigenvalue weighted by molar-refractivity contribution is 6.00. The van der Waals surface area contributed by atoms with Gasteiger partial charge >= 0.3 is 0 Å². The number of aromatic nitrogens is 2. The molecule has 3 heterocycles. The van der Waals surface area contributed by atoms with Crippen LogP contribution in [0.15, 0.2) is 24.5 Å². The van der Waals surface area contributed by atoms with Crippen LogP contribution < -0.4 is 21.1 Å². The fourth-order valence-corrected chi connectivity index (χ4v) is 4.33. The average Bonchev–Trinajstić information content (AvgIpc) is 3.57. The SMILES string of the molecule is Cc1c(-c2cc3cc(NC(=O)C4C[C@@H]4CCO)ncc3c(N)c2F)cnc2c1NCCO2. The summed E-state index contributed by atoms with van der Waals surface area (Å²) in [5, 5.41) is 16.2.